The minimum absolute atomic E-state index is 0.0557. The first-order chi connectivity index (χ1) is 17.8. The predicted octanol–water partition coefficient (Wildman–Crippen LogP) is 4.58. The highest BCUT2D eigenvalue weighted by Gasteiger charge is 2.25. The maximum absolute atomic E-state index is 12.4. The van der Waals surface area contributed by atoms with Crippen molar-refractivity contribution in [3.05, 3.63) is 23.8 Å². The van der Waals surface area contributed by atoms with Crippen LogP contribution in [0, 0.1) is 5.41 Å². The van der Waals surface area contributed by atoms with Gasteiger partial charge < -0.3 is 33.7 Å². The fourth-order valence-electron chi connectivity index (χ4n) is 2.78. The summed E-state index contributed by atoms with van der Waals surface area (Å²) >= 11 is 0. The Hall–Kier alpha value is -3.34. The number of rotatable bonds is 13. The molecule has 0 fully saturated rings. The molecule has 1 aromatic carbocycles. The van der Waals surface area contributed by atoms with Crippen LogP contribution in [0.3, 0.4) is 0 Å². The van der Waals surface area contributed by atoms with Gasteiger partial charge in [0.1, 0.15) is 24.9 Å². The lowest BCUT2D eigenvalue weighted by Crippen LogP contribution is -2.41. The molecule has 0 saturated carbocycles. The highest BCUT2D eigenvalue weighted by Crippen LogP contribution is 2.30. The van der Waals surface area contributed by atoms with E-state index in [4.69, 9.17) is 28.4 Å². The molecule has 0 aromatic heterocycles. The van der Waals surface area contributed by atoms with Gasteiger partial charge in [-0.2, -0.15) is 0 Å². The topological polar surface area (TPSA) is 136 Å². The second-order valence-electron chi connectivity index (χ2n) is 9.78. The van der Waals surface area contributed by atoms with Gasteiger partial charge in [-0.05, 0) is 71.6 Å². The van der Waals surface area contributed by atoms with Crippen LogP contribution in [0.4, 0.5) is 9.59 Å². The summed E-state index contributed by atoms with van der Waals surface area (Å²) in [6.45, 7) is 12.6. The Morgan fingerprint density at radius 3 is 1.95 bits per heavy atom. The normalized spacial score (nSPS) is 13.5. The standard InChI is InChI=1S/C27H41NO10/c1-9-17(3)35-25(31)37-21-12-11-19(16-22(21)38-26(32)36-18(4)10-2)15-20(23(29)33-8)28-13-14-34-24(30)27(5,6)7/h11-12,16-18,20,28H,9-10,13-15H2,1-8H3/t17?,18?,20-/m0/s1. The molecule has 0 spiro atoms. The lowest BCUT2D eigenvalue weighted by molar-refractivity contribution is -0.152. The first-order valence-corrected chi connectivity index (χ1v) is 12.7. The Labute approximate surface area is 224 Å². The van der Waals surface area contributed by atoms with E-state index < -0.39 is 29.7 Å². The van der Waals surface area contributed by atoms with Gasteiger partial charge in [0.2, 0.25) is 0 Å². The zero-order valence-corrected chi connectivity index (χ0v) is 23.6. The second-order valence-corrected chi connectivity index (χ2v) is 9.78. The van der Waals surface area contributed by atoms with Crippen molar-refractivity contribution in [3.63, 3.8) is 0 Å². The van der Waals surface area contributed by atoms with Gasteiger partial charge in [0.05, 0.1) is 12.5 Å². The van der Waals surface area contributed by atoms with Crippen LogP contribution < -0.4 is 14.8 Å². The SMILES string of the molecule is CCC(C)OC(=O)Oc1ccc(C[C@H](NCCOC(=O)C(C)(C)C)C(=O)OC)cc1OC(=O)OC(C)CC. The summed E-state index contributed by atoms with van der Waals surface area (Å²) in [4.78, 5) is 48.8. The third kappa shape index (κ3) is 11.8. The summed E-state index contributed by atoms with van der Waals surface area (Å²) in [6, 6.07) is 3.70. The van der Waals surface area contributed by atoms with Gasteiger partial charge in [-0.15, -0.1) is 0 Å². The van der Waals surface area contributed by atoms with E-state index in [1.54, 1.807) is 40.7 Å². The zero-order valence-electron chi connectivity index (χ0n) is 23.6. The fraction of sp³-hybridized carbons (Fsp3) is 0.630. The van der Waals surface area contributed by atoms with Crippen LogP contribution in [-0.2, 0) is 35.0 Å². The van der Waals surface area contributed by atoms with Gasteiger partial charge in [-0.25, -0.2) is 9.59 Å². The second kappa shape index (κ2) is 15.8. The maximum atomic E-state index is 12.4. The minimum Gasteiger partial charge on any atom is -0.468 e. The number of carbonyl (C=O) groups excluding carboxylic acids is 4. The Morgan fingerprint density at radius 2 is 1.45 bits per heavy atom. The van der Waals surface area contributed by atoms with Crippen molar-refractivity contribution in [1.29, 1.82) is 0 Å². The Bertz CT molecular complexity index is 940. The summed E-state index contributed by atoms with van der Waals surface area (Å²) in [5.74, 6) is -1.04. The van der Waals surface area contributed by atoms with Gasteiger partial charge >= 0.3 is 24.2 Å². The summed E-state index contributed by atoms with van der Waals surface area (Å²) in [6.07, 6.45) is -1.37. The molecule has 0 saturated heterocycles. The number of hydrogen-bond acceptors (Lipinski definition) is 11. The van der Waals surface area contributed by atoms with Gasteiger partial charge in [0.25, 0.3) is 0 Å². The van der Waals surface area contributed by atoms with Gasteiger partial charge in [0.15, 0.2) is 11.5 Å². The lowest BCUT2D eigenvalue weighted by Gasteiger charge is -2.20. The van der Waals surface area contributed by atoms with Crippen molar-refractivity contribution in [2.75, 3.05) is 20.3 Å². The molecular weight excluding hydrogens is 498 g/mol. The van der Waals surface area contributed by atoms with Gasteiger partial charge in [-0.3, -0.25) is 9.59 Å². The molecule has 0 aliphatic carbocycles. The van der Waals surface area contributed by atoms with Crippen molar-refractivity contribution in [2.45, 2.75) is 86.0 Å². The molecule has 0 radical (unpaired) electrons. The number of hydrogen-bond donors (Lipinski definition) is 1. The van der Waals surface area contributed by atoms with Crippen LogP contribution in [0.2, 0.25) is 0 Å². The first-order valence-electron chi connectivity index (χ1n) is 12.7. The van der Waals surface area contributed by atoms with Crippen molar-refractivity contribution >= 4 is 24.2 Å². The molecule has 0 heterocycles. The summed E-state index contributed by atoms with van der Waals surface area (Å²) in [5.41, 5.74) is -0.0763. The van der Waals surface area contributed by atoms with Gasteiger partial charge in [0, 0.05) is 6.54 Å². The molecule has 11 heteroatoms. The number of methoxy groups -OCH3 is 1. The van der Waals surface area contributed by atoms with Crippen molar-refractivity contribution in [2.24, 2.45) is 5.41 Å². The molecule has 38 heavy (non-hydrogen) atoms. The number of esters is 2. The van der Waals surface area contributed by atoms with E-state index in [-0.39, 0.29) is 49.2 Å². The van der Waals surface area contributed by atoms with E-state index >= 15 is 0 Å². The molecule has 214 valence electrons. The van der Waals surface area contributed by atoms with Crippen LogP contribution in [0.25, 0.3) is 0 Å². The molecule has 3 atom stereocenters. The molecule has 2 unspecified atom stereocenters. The van der Waals surface area contributed by atoms with E-state index in [9.17, 15) is 19.2 Å². The third-order valence-corrected chi connectivity index (χ3v) is 5.40. The Balaban J connectivity index is 3.05. The Kier molecular flexibility index (Phi) is 13.6. The van der Waals surface area contributed by atoms with Gasteiger partial charge in [-0.1, -0.05) is 19.9 Å². The zero-order chi connectivity index (χ0) is 28.9. The average Bonchev–Trinajstić information content (AvgIpc) is 2.85. The summed E-state index contributed by atoms with van der Waals surface area (Å²) in [7, 11) is 1.26. The maximum Gasteiger partial charge on any atom is 0.514 e. The van der Waals surface area contributed by atoms with Crippen LogP contribution in [-0.4, -0.2) is 62.8 Å². The molecule has 11 nitrogen and oxygen atoms in total. The lowest BCUT2D eigenvalue weighted by atomic mass is 9.97. The van der Waals surface area contributed by atoms with E-state index in [0.717, 1.165) is 0 Å². The minimum atomic E-state index is -0.972. The largest absolute Gasteiger partial charge is 0.514 e. The molecule has 0 aliphatic heterocycles. The molecule has 1 N–H and O–H groups in total. The molecule has 0 amide bonds. The van der Waals surface area contributed by atoms with Crippen LogP contribution in [0.15, 0.2) is 18.2 Å². The summed E-state index contributed by atoms with van der Waals surface area (Å²) in [5, 5.41) is 3.00. The smallest absolute Gasteiger partial charge is 0.468 e. The Morgan fingerprint density at radius 1 is 0.895 bits per heavy atom. The molecule has 0 aliphatic rings. The molecule has 1 rings (SSSR count). The van der Waals surface area contributed by atoms with Crippen molar-refractivity contribution in [1.82, 2.24) is 5.32 Å². The first kappa shape index (κ1) is 32.7. The fourth-order valence-corrected chi connectivity index (χ4v) is 2.78. The van der Waals surface area contributed by atoms with E-state index in [1.807, 2.05) is 13.8 Å². The van der Waals surface area contributed by atoms with Crippen LogP contribution >= 0.6 is 0 Å². The molecule has 1 aromatic rings. The number of carbonyl (C=O) groups is 4. The highest BCUT2D eigenvalue weighted by molar-refractivity contribution is 5.76. The predicted molar refractivity (Wildman–Crippen MR) is 138 cm³/mol. The number of nitrogens with one attached hydrogen (secondary N) is 1. The molecular formula is C27H41NO10. The highest BCUT2D eigenvalue weighted by atomic mass is 16.7. The van der Waals surface area contributed by atoms with E-state index in [2.05, 4.69) is 5.32 Å². The number of benzene rings is 1. The quantitative estimate of drug-likeness (QED) is 0.163. The average molecular weight is 540 g/mol. The van der Waals surface area contributed by atoms with Crippen molar-refractivity contribution < 1.29 is 47.6 Å². The van der Waals surface area contributed by atoms with E-state index in [0.29, 0.717) is 18.4 Å². The number of ether oxygens (including phenoxy) is 6. The van der Waals surface area contributed by atoms with E-state index in [1.165, 1.54) is 19.2 Å². The van der Waals surface area contributed by atoms with Crippen LogP contribution in [0.1, 0.15) is 66.9 Å². The van der Waals surface area contributed by atoms with Crippen molar-refractivity contribution in [3.8, 4) is 11.5 Å². The molecule has 0 bridgehead atoms. The monoisotopic (exact) mass is 539 g/mol. The third-order valence-electron chi connectivity index (χ3n) is 5.40. The van der Waals surface area contributed by atoms with Crippen LogP contribution in [0.5, 0.6) is 11.5 Å². The summed E-state index contributed by atoms with van der Waals surface area (Å²) < 4.78 is 31.0.